The largest absolute Gasteiger partial charge is 0.477 e. The van der Waals surface area contributed by atoms with Crippen LogP contribution in [0.1, 0.15) is 27.7 Å². The van der Waals surface area contributed by atoms with E-state index in [2.05, 4.69) is 13.8 Å². The lowest BCUT2D eigenvalue weighted by molar-refractivity contribution is -0.133. The second kappa shape index (κ2) is 6.31. The topological polar surface area (TPSA) is 53.1 Å². The maximum atomic E-state index is 12.5. The van der Waals surface area contributed by atoms with Crippen LogP contribution in [0.5, 0.6) is 0 Å². The van der Waals surface area contributed by atoms with E-state index in [1.807, 2.05) is 25.8 Å². The molecular weight excluding hydrogens is 314 g/mol. The highest BCUT2D eigenvalue weighted by molar-refractivity contribution is 7.80. The van der Waals surface area contributed by atoms with E-state index in [0.717, 1.165) is 0 Å². The summed E-state index contributed by atoms with van der Waals surface area (Å²) in [4.78, 5) is 29.8. The zero-order valence-corrected chi connectivity index (χ0v) is 15.1. The molecule has 0 atom stereocenters. The molecule has 7 heteroatoms. The van der Waals surface area contributed by atoms with Gasteiger partial charge in [0.05, 0.1) is 5.54 Å². The van der Waals surface area contributed by atoms with Gasteiger partial charge in [0, 0.05) is 20.1 Å². The number of amides is 2. The highest BCUT2D eigenvalue weighted by atomic mass is 32.1. The van der Waals surface area contributed by atoms with Gasteiger partial charge in [-0.05, 0) is 52.1 Å². The quantitative estimate of drug-likeness (QED) is 0.444. The van der Waals surface area contributed by atoms with Crippen molar-refractivity contribution in [1.29, 1.82) is 0 Å². The van der Waals surface area contributed by atoms with Gasteiger partial charge in [0.15, 0.2) is 11.0 Å². The summed E-state index contributed by atoms with van der Waals surface area (Å²) in [5.41, 5.74) is -0.00582. The summed E-state index contributed by atoms with van der Waals surface area (Å²) in [6.07, 6.45) is 3.21. The summed E-state index contributed by atoms with van der Waals surface area (Å²) in [6, 6.07) is 0. The van der Waals surface area contributed by atoms with Crippen LogP contribution in [-0.4, -0.2) is 63.9 Å². The maximum Gasteiger partial charge on any atom is 0.265 e. The SMILES string of the molecule is CCN1C(=O)C(=CC=C2OCC(C)(C)N2C)C(=O)N(CC)C1=S. The Labute approximate surface area is 142 Å². The standard InChI is InChI=1S/C16H23N3O3S/c1-6-18-13(20)11(14(21)19(7-2)15(18)23)8-9-12-17(5)16(3,4)10-22-12/h8-9H,6-7,10H2,1-5H3. The third-order valence-corrected chi connectivity index (χ3v) is 4.69. The number of hydrogen-bond donors (Lipinski definition) is 0. The smallest absolute Gasteiger partial charge is 0.265 e. The Morgan fingerprint density at radius 1 is 1.13 bits per heavy atom. The molecule has 2 heterocycles. The summed E-state index contributed by atoms with van der Waals surface area (Å²) in [5, 5.41) is 0.269. The van der Waals surface area contributed by atoms with E-state index in [0.29, 0.717) is 25.6 Å². The van der Waals surface area contributed by atoms with Crippen LogP contribution in [0.2, 0.25) is 0 Å². The first-order chi connectivity index (χ1) is 10.7. The van der Waals surface area contributed by atoms with Gasteiger partial charge in [-0.15, -0.1) is 0 Å². The molecule has 2 amide bonds. The molecule has 0 aromatic carbocycles. The van der Waals surface area contributed by atoms with Gasteiger partial charge in [-0.2, -0.15) is 0 Å². The van der Waals surface area contributed by atoms with Gasteiger partial charge in [-0.1, -0.05) is 0 Å². The third-order valence-electron chi connectivity index (χ3n) is 4.25. The van der Waals surface area contributed by atoms with Gasteiger partial charge >= 0.3 is 0 Å². The number of ether oxygens (including phenoxy) is 1. The van der Waals surface area contributed by atoms with E-state index in [9.17, 15) is 9.59 Å². The summed E-state index contributed by atoms with van der Waals surface area (Å²) in [7, 11) is 1.92. The lowest BCUT2D eigenvalue weighted by Crippen LogP contribution is -2.55. The molecule has 6 nitrogen and oxygen atoms in total. The Morgan fingerprint density at radius 3 is 2.04 bits per heavy atom. The molecule has 0 aromatic rings. The molecule has 0 radical (unpaired) electrons. The first-order valence-electron chi connectivity index (χ1n) is 7.70. The fourth-order valence-electron chi connectivity index (χ4n) is 2.46. The minimum atomic E-state index is -0.357. The lowest BCUT2D eigenvalue weighted by Gasteiger charge is -2.35. The van der Waals surface area contributed by atoms with Gasteiger partial charge in [0.1, 0.15) is 12.2 Å². The van der Waals surface area contributed by atoms with Crippen molar-refractivity contribution in [2.45, 2.75) is 33.2 Å². The fraction of sp³-hybridized carbons (Fsp3) is 0.562. The van der Waals surface area contributed by atoms with Crippen LogP contribution in [0.4, 0.5) is 0 Å². The van der Waals surface area contributed by atoms with E-state index in [-0.39, 0.29) is 28.0 Å². The molecule has 0 aromatic heterocycles. The van der Waals surface area contributed by atoms with Crippen molar-refractivity contribution in [2.24, 2.45) is 0 Å². The molecule has 2 saturated heterocycles. The first kappa shape index (κ1) is 17.5. The molecule has 126 valence electrons. The zero-order chi connectivity index (χ0) is 17.4. The van der Waals surface area contributed by atoms with Crippen LogP contribution in [0, 0.1) is 0 Å². The summed E-state index contributed by atoms with van der Waals surface area (Å²) in [5.74, 6) is -0.0738. The van der Waals surface area contributed by atoms with Gasteiger partial charge < -0.3 is 9.64 Å². The normalized spacial score (nSPS) is 23.0. The second-order valence-electron chi connectivity index (χ2n) is 6.13. The van der Waals surface area contributed by atoms with Crippen molar-refractivity contribution < 1.29 is 14.3 Å². The predicted molar refractivity (Wildman–Crippen MR) is 91.3 cm³/mol. The van der Waals surface area contributed by atoms with Crippen molar-refractivity contribution in [3.63, 3.8) is 0 Å². The molecule has 2 fully saturated rings. The van der Waals surface area contributed by atoms with Crippen molar-refractivity contribution in [1.82, 2.24) is 14.7 Å². The highest BCUT2D eigenvalue weighted by Crippen LogP contribution is 2.27. The van der Waals surface area contributed by atoms with Crippen LogP contribution in [0.15, 0.2) is 23.6 Å². The lowest BCUT2D eigenvalue weighted by atomic mass is 10.1. The van der Waals surface area contributed by atoms with E-state index in [1.54, 1.807) is 6.08 Å². The highest BCUT2D eigenvalue weighted by Gasteiger charge is 2.38. The molecule has 2 rings (SSSR count). The Morgan fingerprint density at radius 2 is 1.65 bits per heavy atom. The van der Waals surface area contributed by atoms with Gasteiger partial charge in [-0.3, -0.25) is 19.4 Å². The first-order valence-corrected chi connectivity index (χ1v) is 8.11. The van der Waals surface area contributed by atoms with Crippen molar-refractivity contribution >= 4 is 29.1 Å². The van der Waals surface area contributed by atoms with E-state index in [4.69, 9.17) is 17.0 Å². The molecule has 0 bridgehead atoms. The summed E-state index contributed by atoms with van der Waals surface area (Å²) in [6.45, 7) is 9.22. The van der Waals surface area contributed by atoms with Crippen LogP contribution >= 0.6 is 12.2 Å². The van der Waals surface area contributed by atoms with Crippen LogP contribution < -0.4 is 0 Å². The Balaban J connectivity index is 2.35. The molecule has 0 spiro atoms. The van der Waals surface area contributed by atoms with Crippen molar-refractivity contribution in [2.75, 3.05) is 26.7 Å². The zero-order valence-electron chi connectivity index (χ0n) is 14.3. The number of carbonyl (C=O) groups excluding carboxylic acids is 2. The minimum Gasteiger partial charge on any atom is -0.477 e. The predicted octanol–water partition coefficient (Wildman–Crippen LogP) is 1.49. The number of nitrogens with zero attached hydrogens (tertiary/aromatic N) is 3. The molecule has 2 aliphatic rings. The Kier molecular flexibility index (Phi) is 4.79. The monoisotopic (exact) mass is 337 g/mol. The van der Waals surface area contributed by atoms with Crippen molar-refractivity contribution in [3.8, 4) is 0 Å². The minimum absolute atomic E-state index is 0.108. The third kappa shape index (κ3) is 2.97. The Bertz CT molecular complexity index is 582. The van der Waals surface area contributed by atoms with Crippen LogP contribution in [0.3, 0.4) is 0 Å². The molecule has 0 aliphatic carbocycles. The van der Waals surface area contributed by atoms with E-state index in [1.165, 1.54) is 15.9 Å². The number of carbonyl (C=O) groups is 2. The fourth-order valence-corrected chi connectivity index (χ4v) is 2.88. The van der Waals surface area contributed by atoms with Crippen LogP contribution in [0.25, 0.3) is 0 Å². The maximum absolute atomic E-state index is 12.5. The molecular formula is C16H23N3O3S. The number of rotatable bonds is 3. The number of hydrogen-bond acceptors (Lipinski definition) is 5. The van der Waals surface area contributed by atoms with Gasteiger partial charge in [0.25, 0.3) is 11.8 Å². The molecule has 23 heavy (non-hydrogen) atoms. The molecule has 0 unspecified atom stereocenters. The van der Waals surface area contributed by atoms with Crippen LogP contribution in [-0.2, 0) is 14.3 Å². The Hall–Kier alpha value is -1.89. The average Bonchev–Trinajstić information content (AvgIpc) is 2.74. The van der Waals surface area contributed by atoms with Gasteiger partial charge in [-0.25, -0.2) is 0 Å². The second-order valence-corrected chi connectivity index (χ2v) is 6.49. The average molecular weight is 337 g/mol. The summed E-state index contributed by atoms with van der Waals surface area (Å²) < 4.78 is 5.64. The van der Waals surface area contributed by atoms with Gasteiger partial charge in [0.2, 0.25) is 0 Å². The van der Waals surface area contributed by atoms with E-state index < -0.39 is 0 Å². The molecule has 0 N–H and O–H groups in total. The number of allylic oxidation sites excluding steroid dienone is 2. The number of likely N-dealkylation sites (N-methyl/N-ethyl adjacent to an activating group) is 3. The number of thiocarbonyl (C=S) groups is 1. The van der Waals surface area contributed by atoms with E-state index >= 15 is 0 Å². The summed E-state index contributed by atoms with van der Waals surface area (Å²) >= 11 is 5.23. The van der Waals surface area contributed by atoms with Crippen molar-refractivity contribution in [3.05, 3.63) is 23.6 Å². The molecule has 2 aliphatic heterocycles. The molecule has 0 saturated carbocycles.